The molecule has 2 heterocycles. The van der Waals surface area contributed by atoms with E-state index >= 15 is 0 Å². The van der Waals surface area contributed by atoms with Gasteiger partial charge in [0, 0.05) is 25.3 Å². The molecule has 1 aromatic rings. The number of piperidine rings is 1. The zero-order valence-electron chi connectivity index (χ0n) is 14.7. The number of rotatable bonds is 4. The van der Waals surface area contributed by atoms with Crippen LogP contribution in [0.3, 0.4) is 0 Å². The maximum Gasteiger partial charge on any atom is 0.319 e. The largest absolute Gasteiger partial charge is 0.341 e. The first-order valence-corrected chi connectivity index (χ1v) is 8.94. The van der Waals surface area contributed by atoms with Crippen molar-refractivity contribution in [2.75, 3.05) is 31.5 Å². The van der Waals surface area contributed by atoms with Gasteiger partial charge in [0.2, 0.25) is 5.91 Å². The molecule has 2 atom stereocenters. The monoisotopic (exact) mass is 384 g/mol. The fraction of sp³-hybridized carbons (Fsp3) is 0.556. The summed E-state index contributed by atoms with van der Waals surface area (Å²) in [6, 6.07) is 5.39. The molecule has 144 valence electrons. The molecule has 2 unspecified atom stereocenters. The highest BCUT2D eigenvalue weighted by Gasteiger charge is 2.30. The summed E-state index contributed by atoms with van der Waals surface area (Å²) in [5.41, 5.74) is 0.422. The number of carbonyl (C=O) groups is 2. The molecular weight excluding hydrogens is 359 g/mol. The fourth-order valence-corrected chi connectivity index (χ4v) is 3.53. The second-order valence-electron chi connectivity index (χ2n) is 6.79. The maximum atomic E-state index is 13.1. The lowest BCUT2D eigenvalue weighted by molar-refractivity contribution is -0.134. The van der Waals surface area contributed by atoms with Gasteiger partial charge in [0.25, 0.3) is 0 Å². The standard InChI is InChI=1S/C18H25FN4O2.ClH/c19-14-5-1-6-15(10-14)22-18(25)21-11-13-4-3-9-23(12-13)17(24)16-7-2-8-20-16;/h1,5-6,10,13,16,20H,2-4,7-9,11-12H2,(H2,21,22,25);1H. The van der Waals surface area contributed by atoms with Gasteiger partial charge in [0.1, 0.15) is 5.82 Å². The van der Waals surface area contributed by atoms with Gasteiger partial charge >= 0.3 is 6.03 Å². The lowest BCUT2D eigenvalue weighted by Gasteiger charge is -2.34. The number of benzene rings is 1. The van der Waals surface area contributed by atoms with E-state index in [0.717, 1.165) is 38.8 Å². The van der Waals surface area contributed by atoms with Crippen LogP contribution in [0, 0.1) is 11.7 Å². The molecule has 0 radical (unpaired) electrons. The van der Waals surface area contributed by atoms with E-state index in [9.17, 15) is 14.0 Å². The Labute approximate surface area is 159 Å². The van der Waals surface area contributed by atoms with Crippen molar-refractivity contribution in [2.24, 2.45) is 5.92 Å². The van der Waals surface area contributed by atoms with Gasteiger partial charge in [-0.25, -0.2) is 9.18 Å². The minimum absolute atomic E-state index is 0. The summed E-state index contributed by atoms with van der Waals surface area (Å²) in [6.07, 6.45) is 3.90. The maximum absolute atomic E-state index is 13.1. The first-order chi connectivity index (χ1) is 12.1. The second-order valence-corrected chi connectivity index (χ2v) is 6.79. The third kappa shape index (κ3) is 5.57. The zero-order chi connectivity index (χ0) is 17.6. The van der Waals surface area contributed by atoms with Crippen LogP contribution in [-0.4, -0.2) is 49.1 Å². The quantitative estimate of drug-likeness (QED) is 0.746. The van der Waals surface area contributed by atoms with Crippen molar-refractivity contribution in [1.29, 1.82) is 0 Å². The Bertz CT molecular complexity index is 625. The molecule has 0 saturated carbocycles. The SMILES string of the molecule is Cl.O=C(NCC1CCCN(C(=O)C2CCCN2)C1)Nc1cccc(F)c1. The normalized spacial score (nSPS) is 22.4. The third-order valence-corrected chi connectivity index (χ3v) is 4.82. The molecule has 1 aromatic carbocycles. The Kier molecular flexibility index (Phi) is 7.66. The van der Waals surface area contributed by atoms with E-state index in [2.05, 4.69) is 16.0 Å². The van der Waals surface area contributed by atoms with E-state index in [1.54, 1.807) is 12.1 Å². The molecule has 2 saturated heterocycles. The first kappa shape index (κ1) is 20.5. The molecule has 6 nitrogen and oxygen atoms in total. The molecule has 8 heteroatoms. The lowest BCUT2D eigenvalue weighted by atomic mass is 9.97. The van der Waals surface area contributed by atoms with Gasteiger partial charge in [-0.2, -0.15) is 0 Å². The molecule has 0 bridgehead atoms. The number of nitrogens with one attached hydrogen (secondary N) is 3. The van der Waals surface area contributed by atoms with E-state index < -0.39 is 0 Å². The molecule has 26 heavy (non-hydrogen) atoms. The molecule has 3 amide bonds. The van der Waals surface area contributed by atoms with Crippen molar-refractivity contribution in [3.05, 3.63) is 30.1 Å². The third-order valence-electron chi connectivity index (χ3n) is 4.82. The Hall–Kier alpha value is -1.86. The highest BCUT2D eigenvalue weighted by molar-refractivity contribution is 5.89. The first-order valence-electron chi connectivity index (χ1n) is 8.94. The summed E-state index contributed by atoms with van der Waals surface area (Å²) in [5, 5.41) is 8.69. The summed E-state index contributed by atoms with van der Waals surface area (Å²) in [4.78, 5) is 26.4. The second kappa shape index (κ2) is 9.73. The van der Waals surface area contributed by atoms with Crippen LogP contribution in [0.2, 0.25) is 0 Å². The van der Waals surface area contributed by atoms with Crippen molar-refractivity contribution in [3.63, 3.8) is 0 Å². The molecular formula is C18H26ClFN4O2. The van der Waals surface area contributed by atoms with E-state index in [-0.39, 0.29) is 42.1 Å². The predicted molar refractivity (Wildman–Crippen MR) is 101 cm³/mol. The number of halogens is 2. The van der Waals surface area contributed by atoms with Crippen LogP contribution < -0.4 is 16.0 Å². The number of anilines is 1. The molecule has 0 aromatic heterocycles. The van der Waals surface area contributed by atoms with Crippen molar-refractivity contribution < 1.29 is 14.0 Å². The minimum atomic E-state index is -0.389. The smallest absolute Gasteiger partial charge is 0.319 e. The van der Waals surface area contributed by atoms with Gasteiger partial charge < -0.3 is 20.9 Å². The van der Waals surface area contributed by atoms with Gasteiger partial charge in [-0.3, -0.25) is 4.79 Å². The number of hydrogen-bond acceptors (Lipinski definition) is 3. The number of nitrogens with zero attached hydrogens (tertiary/aromatic N) is 1. The van der Waals surface area contributed by atoms with Gasteiger partial charge in [0.05, 0.1) is 6.04 Å². The number of hydrogen-bond donors (Lipinski definition) is 3. The average molecular weight is 385 g/mol. The van der Waals surface area contributed by atoms with Gasteiger partial charge in [-0.1, -0.05) is 6.07 Å². The summed E-state index contributed by atoms with van der Waals surface area (Å²) < 4.78 is 13.1. The van der Waals surface area contributed by atoms with Crippen LogP contribution in [-0.2, 0) is 4.79 Å². The van der Waals surface area contributed by atoms with Gasteiger partial charge in [0.15, 0.2) is 0 Å². The zero-order valence-corrected chi connectivity index (χ0v) is 15.5. The summed E-state index contributed by atoms with van der Waals surface area (Å²) in [7, 11) is 0. The topological polar surface area (TPSA) is 73.5 Å². The molecule has 0 spiro atoms. The number of carbonyl (C=O) groups excluding carboxylic acids is 2. The highest BCUT2D eigenvalue weighted by atomic mass is 35.5. The summed E-state index contributed by atoms with van der Waals surface area (Å²) >= 11 is 0. The van der Waals surface area contributed by atoms with Crippen molar-refractivity contribution >= 4 is 30.0 Å². The van der Waals surface area contributed by atoms with Gasteiger partial charge in [-0.15, -0.1) is 12.4 Å². The number of urea groups is 1. The van der Waals surface area contributed by atoms with E-state index in [4.69, 9.17) is 0 Å². The molecule has 2 aliphatic rings. The van der Waals surface area contributed by atoms with Crippen molar-refractivity contribution in [1.82, 2.24) is 15.5 Å². The van der Waals surface area contributed by atoms with E-state index in [0.29, 0.717) is 18.8 Å². The summed E-state index contributed by atoms with van der Waals surface area (Å²) in [6.45, 7) is 2.89. The van der Waals surface area contributed by atoms with E-state index in [1.807, 2.05) is 4.90 Å². The highest BCUT2D eigenvalue weighted by Crippen LogP contribution is 2.18. The van der Waals surface area contributed by atoms with Crippen LogP contribution in [0.15, 0.2) is 24.3 Å². The Morgan fingerprint density at radius 1 is 1.27 bits per heavy atom. The number of likely N-dealkylation sites (tertiary alicyclic amines) is 1. The van der Waals surface area contributed by atoms with Gasteiger partial charge in [-0.05, 0) is 56.3 Å². The van der Waals surface area contributed by atoms with Crippen LogP contribution in [0.1, 0.15) is 25.7 Å². The van der Waals surface area contributed by atoms with Crippen LogP contribution in [0.25, 0.3) is 0 Å². The Morgan fingerprint density at radius 2 is 2.12 bits per heavy atom. The fourth-order valence-electron chi connectivity index (χ4n) is 3.53. The van der Waals surface area contributed by atoms with Crippen LogP contribution in [0.5, 0.6) is 0 Å². The molecule has 3 rings (SSSR count). The van der Waals surface area contributed by atoms with Crippen LogP contribution in [0.4, 0.5) is 14.9 Å². The van der Waals surface area contributed by atoms with Crippen molar-refractivity contribution in [2.45, 2.75) is 31.7 Å². The number of amides is 3. The summed E-state index contributed by atoms with van der Waals surface area (Å²) in [5.74, 6) is 0.0449. The average Bonchev–Trinajstić information content (AvgIpc) is 3.14. The Morgan fingerprint density at radius 3 is 2.85 bits per heavy atom. The van der Waals surface area contributed by atoms with Crippen LogP contribution >= 0.6 is 12.4 Å². The Balaban J connectivity index is 0.00000243. The lowest BCUT2D eigenvalue weighted by Crippen LogP contribution is -2.49. The van der Waals surface area contributed by atoms with Crippen molar-refractivity contribution in [3.8, 4) is 0 Å². The van der Waals surface area contributed by atoms with E-state index in [1.165, 1.54) is 12.1 Å². The molecule has 3 N–H and O–H groups in total. The molecule has 2 aliphatic heterocycles. The minimum Gasteiger partial charge on any atom is -0.341 e. The predicted octanol–water partition coefficient (Wildman–Crippen LogP) is 2.36. The molecule has 2 fully saturated rings. The molecule has 0 aliphatic carbocycles.